The fraction of sp³-hybridized carbons (Fsp3) is 0.200. The summed E-state index contributed by atoms with van der Waals surface area (Å²) in [7, 11) is 1.53. The van der Waals surface area contributed by atoms with E-state index in [4.69, 9.17) is 5.11 Å². The minimum atomic E-state index is -4.51. The fourth-order valence-electron chi connectivity index (χ4n) is 1.74. The first kappa shape index (κ1) is 12.5. The predicted octanol–water partition coefficient (Wildman–Crippen LogP) is 0.239. The van der Waals surface area contributed by atoms with Crippen molar-refractivity contribution in [3.05, 3.63) is 29.7 Å². The Morgan fingerprint density at radius 3 is 2.67 bits per heavy atom. The lowest BCUT2D eigenvalue weighted by Crippen LogP contribution is -2.14. The van der Waals surface area contributed by atoms with Crippen LogP contribution in [0.5, 0.6) is 0 Å². The van der Waals surface area contributed by atoms with Crippen LogP contribution in [-0.4, -0.2) is 28.3 Å². The van der Waals surface area contributed by atoms with E-state index in [1.54, 1.807) is 0 Å². The van der Waals surface area contributed by atoms with Gasteiger partial charge in [-0.15, -0.1) is 0 Å². The van der Waals surface area contributed by atoms with Gasteiger partial charge in [0.25, 0.3) is 0 Å². The van der Waals surface area contributed by atoms with Crippen LogP contribution in [0, 0.1) is 0 Å². The standard InChI is InChI=1S/C10H8BF3N2O2/c11-5-1-7(10(12,13)14)9-15-6(2-8(17)18)4-16(9)3-5/h1,3-4H,2,11H2,(H,17,18). The van der Waals surface area contributed by atoms with E-state index >= 15 is 0 Å². The highest BCUT2D eigenvalue weighted by atomic mass is 19.4. The Morgan fingerprint density at radius 1 is 1.44 bits per heavy atom. The summed E-state index contributed by atoms with van der Waals surface area (Å²) in [6, 6.07) is 0.993. The molecule has 1 N–H and O–H groups in total. The van der Waals surface area contributed by atoms with Gasteiger partial charge in [-0.1, -0.05) is 11.5 Å². The van der Waals surface area contributed by atoms with Crippen LogP contribution in [0.4, 0.5) is 13.2 Å². The van der Waals surface area contributed by atoms with Gasteiger partial charge < -0.3 is 9.51 Å². The van der Waals surface area contributed by atoms with E-state index in [9.17, 15) is 18.0 Å². The number of hydrogen-bond acceptors (Lipinski definition) is 2. The summed E-state index contributed by atoms with van der Waals surface area (Å²) in [6.07, 6.45) is -2.15. The lowest BCUT2D eigenvalue weighted by molar-refractivity contribution is -0.137. The largest absolute Gasteiger partial charge is 0.481 e. The Hall–Kier alpha value is -1.99. The first-order valence-electron chi connectivity index (χ1n) is 5.04. The number of hydrogen-bond donors (Lipinski definition) is 1. The third-order valence-electron chi connectivity index (χ3n) is 2.38. The number of carbonyl (C=O) groups is 1. The molecule has 2 aromatic rings. The summed E-state index contributed by atoms with van der Waals surface area (Å²) in [6.45, 7) is 0. The minimum absolute atomic E-state index is 0.0959. The number of carboxylic acids is 1. The summed E-state index contributed by atoms with van der Waals surface area (Å²) in [5.74, 6) is -1.14. The summed E-state index contributed by atoms with van der Waals surface area (Å²) in [5.41, 5.74) is -0.615. The second kappa shape index (κ2) is 4.04. The van der Waals surface area contributed by atoms with Crippen LogP contribution in [0.2, 0.25) is 0 Å². The van der Waals surface area contributed by atoms with Gasteiger partial charge in [0.15, 0.2) is 0 Å². The fourth-order valence-corrected chi connectivity index (χ4v) is 1.74. The molecule has 0 saturated carbocycles. The van der Waals surface area contributed by atoms with E-state index in [1.807, 2.05) is 0 Å². The van der Waals surface area contributed by atoms with Gasteiger partial charge in [0, 0.05) is 12.4 Å². The molecule has 2 rings (SSSR count). The van der Waals surface area contributed by atoms with Crippen molar-refractivity contribution < 1.29 is 23.1 Å². The normalized spacial score (nSPS) is 11.9. The van der Waals surface area contributed by atoms with Crippen molar-refractivity contribution in [2.75, 3.05) is 0 Å². The number of carboxylic acid groups (broad SMARTS) is 1. The molecule has 0 aromatic carbocycles. The van der Waals surface area contributed by atoms with Crippen LogP contribution in [0.25, 0.3) is 5.65 Å². The van der Waals surface area contributed by atoms with Crippen molar-refractivity contribution in [2.45, 2.75) is 12.6 Å². The Balaban J connectivity index is 2.64. The molecule has 0 aliphatic carbocycles. The maximum atomic E-state index is 12.8. The lowest BCUT2D eigenvalue weighted by Gasteiger charge is -2.09. The van der Waals surface area contributed by atoms with E-state index in [0.29, 0.717) is 5.46 Å². The molecule has 0 aliphatic rings. The molecule has 18 heavy (non-hydrogen) atoms. The Morgan fingerprint density at radius 2 is 2.11 bits per heavy atom. The molecule has 0 spiro atoms. The number of alkyl halides is 3. The number of fused-ring (bicyclic) bond motifs is 1. The predicted molar refractivity (Wildman–Crippen MR) is 59.7 cm³/mol. The van der Waals surface area contributed by atoms with Crippen LogP contribution in [0.1, 0.15) is 11.3 Å². The zero-order chi connectivity index (χ0) is 13.5. The molecular formula is C10H8BF3N2O2. The Labute approximate surface area is 100 Å². The van der Waals surface area contributed by atoms with E-state index in [2.05, 4.69) is 4.98 Å². The molecule has 2 heterocycles. The van der Waals surface area contributed by atoms with Crippen LogP contribution in [0.3, 0.4) is 0 Å². The highest BCUT2D eigenvalue weighted by Crippen LogP contribution is 2.31. The molecule has 0 amide bonds. The molecule has 0 radical (unpaired) electrons. The summed E-state index contributed by atoms with van der Waals surface area (Å²) >= 11 is 0. The molecule has 0 saturated heterocycles. The van der Waals surface area contributed by atoms with E-state index in [0.717, 1.165) is 6.07 Å². The Bertz CT molecular complexity index is 621. The molecule has 0 aliphatic heterocycles. The first-order chi connectivity index (χ1) is 8.27. The topological polar surface area (TPSA) is 54.6 Å². The minimum Gasteiger partial charge on any atom is -0.481 e. The van der Waals surface area contributed by atoms with Gasteiger partial charge in [-0.05, 0) is 0 Å². The Kier molecular flexibility index (Phi) is 2.80. The SMILES string of the molecule is Bc1cc(C(F)(F)F)c2nc(CC(=O)O)cn2c1. The van der Waals surface area contributed by atoms with Crippen molar-refractivity contribution in [2.24, 2.45) is 0 Å². The monoisotopic (exact) mass is 256 g/mol. The molecule has 2 aromatic heterocycles. The summed E-state index contributed by atoms with van der Waals surface area (Å²) in [4.78, 5) is 14.2. The highest BCUT2D eigenvalue weighted by molar-refractivity contribution is 6.32. The van der Waals surface area contributed by atoms with Crippen LogP contribution < -0.4 is 5.46 Å². The number of nitrogens with zero attached hydrogens (tertiary/aromatic N) is 2. The van der Waals surface area contributed by atoms with Crippen LogP contribution in [-0.2, 0) is 17.4 Å². The van der Waals surface area contributed by atoms with Gasteiger partial charge in [-0.3, -0.25) is 4.79 Å². The van der Waals surface area contributed by atoms with E-state index in [-0.39, 0.29) is 11.3 Å². The molecule has 0 fully saturated rings. The molecule has 4 nitrogen and oxygen atoms in total. The van der Waals surface area contributed by atoms with Crippen LogP contribution in [0.15, 0.2) is 18.5 Å². The van der Waals surface area contributed by atoms with Gasteiger partial charge in [0.1, 0.15) is 13.5 Å². The number of aliphatic carboxylic acids is 1. The van der Waals surface area contributed by atoms with Crippen molar-refractivity contribution in [1.29, 1.82) is 0 Å². The number of pyridine rings is 1. The quantitative estimate of drug-likeness (QED) is 0.783. The highest BCUT2D eigenvalue weighted by Gasteiger charge is 2.34. The third kappa shape index (κ3) is 2.32. The zero-order valence-corrected chi connectivity index (χ0v) is 9.32. The maximum absolute atomic E-state index is 12.8. The smallest absolute Gasteiger partial charge is 0.419 e. The zero-order valence-electron chi connectivity index (χ0n) is 9.32. The number of halogens is 3. The molecule has 0 unspecified atom stereocenters. The van der Waals surface area contributed by atoms with E-state index in [1.165, 1.54) is 24.6 Å². The van der Waals surface area contributed by atoms with Gasteiger partial charge in [-0.2, -0.15) is 13.2 Å². The average Bonchev–Trinajstić information content (AvgIpc) is 2.55. The van der Waals surface area contributed by atoms with Crippen LogP contribution >= 0.6 is 0 Å². The lowest BCUT2D eigenvalue weighted by atomic mass is 9.97. The first-order valence-corrected chi connectivity index (χ1v) is 5.04. The molecule has 8 heteroatoms. The van der Waals surface area contributed by atoms with Gasteiger partial charge in [0.2, 0.25) is 0 Å². The van der Waals surface area contributed by atoms with Crippen molar-refractivity contribution >= 4 is 24.9 Å². The average molecular weight is 256 g/mol. The number of aromatic nitrogens is 2. The second-order valence-corrected chi connectivity index (χ2v) is 3.96. The van der Waals surface area contributed by atoms with Crippen molar-refractivity contribution in [1.82, 2.24) is 9.38 Å². The second-order valence-electron chi connectivity index (χ2n) is 3.96. The third-order valence-corrected chi connectivity index (χ3v) is 2.38. The molecule has 94 valence electrons. The van der Waals surface area contributed by atoms with Gasteiger partial charge >= 0.3 is 12.1 Å². The molecule has 0 bridgehead atoms. The summed E-state index contributed by atoms with van der Waals surface area (Å²) in [5, 5.41) is 8.60. The molecule has 0 atom stereocenters. The molecular weight excluding hydrogens is 248 g/mol. The number of imidazole rings is 1. The van der Waals surface area contributed by atoms with Gasteiger partial charge in [-0.25, -0.2) is 4.98 Å². The van der Waals surface area contributed by atoms with Crippen molar-refractivity contribution in [3.8, 4) is 0 Å². The maximum Gasteiger partial charge on any atom is 0.419 e. The summed E-state index contributed by atoms with van der Waals surface area (Å²) < 4.78 is 39.6. The van der Waals surface area contributed by atoms with E-state index < -0.39 is 24.1 Å². The number of rotatable bonds is 2. The van der Waals surface area contributed by atoms with Crippen molar-refractivity contribution in [3.63, 3.8) is 0 Å². The van der Waals surface area contributed by atoms with Gasteiger partial charge in [0.05, 0.1) is 17.7 Å².